The minimum Gasteiger partial charge on any atom is -0.474 e. The summed E-state index contributed by atoms with van der Waals surface area (Å²) in [4.78, 5) is 19.5. The van der Waals surface area contributed by atoms with Crippen LogP contribution in [0, 0.1) is 0 Å². The lowest BCUT2D eigenvalue weighted by Crippen LogP contribution is -2.49. The first-order valence-corrected chi connectivity index (χ1v) is 12.0. The van der Waals surface area contributed by atoms with E-state index in [2.05, 4.69) is 26.8 Å². The lowest BCUT2D eigenvalue weighted by atomic mass is 9.89. The van der Waals surface area contributed by atoms with Gasteiger partial charge in [-0.05, 0) is 6.92 Å². The zero-order chi connectivity index (χ0) is 22.2. The molecule has 2 aromatic heterocycles. The molecule has 1 aliphatic heterocycles. The summed E-state index contributed by atoms with van der Waals surface area (Å²) in [6.07, 6.45) is 5.54. The number of nitrogen functional groups attached to an aromatic ring is 1. The molecule has 0 spiro atoms. The maximum absolute atomic E-state index is 11.7. The highest BCUT2D eigenvalue weighted by Crippen LogP contribution is 2.32. The first-order chi connectivity index (χ1) is 14.7. The van der Waals surface area contributed by atoms with Gasteiger partial charge in [-0.1, -0.05) is 0 Å². The lowest BCUT2D eigenvalue weighted by molar-refractivity contribution is 0.0561. The highest BCUT2D eigenvalue weighted by molar-refractivity contribution is 7.88. The third-order valence-corrected chi connectivity index (χ3v) is 7.02. The Bertz CT molecular complexity index is 1030. The molecule has 2 aliphatic rings. The molecule has 12 heteroatoms. The van der Waals surface area contributed by atoms with Gasteiger partial charge in [-0.2, -0.15) is 4.98 Å². The van der Waals surface area contributed by atoms with Crippen LogP contribution in [0.3, 0.4) is 0 Å². The van der Waals surface area contributed by atoms with Crippen molar-refractivity contribution in [1.82, 2.24) is 24.2 Å². The van der Waals surface area contributed by atoms with Gasteiger partial charge in [0.1, 0.15) is 6.10 Å². The van der Waals surface area contributed by atoms with Crippen molar-refractivity contribution in [1.29, 1.82) is 0 Å². The van der Waals surface area contributed by atoms with E-state index in [4.69, 9.17) is 20.2 Å². The predicted molar refractivity (Wildman–Crippen MR) is 115 cm³/mol. The maximum Gasteiger partial charge on any atom is 0.229 e. The number of nitrogens with zero attached hydrogens (tertiary/aromatic N) is 6. The fourth-order valence-electron chi connectivity index (χ4n) is 3.62. The van der Waals surface area contributed by atoms with Crippen LogP contribution in [0.2, 0.25) is 0 Å². The van der Waals surface area contributed by atoms with Gasteiger partial charge in [0.15, 0.2) is 0 Å². The Hall–Kier alpha value is -2.57. The molecule has 1 atom stereocenters. The summed E-state index contributed by atoms with van der Waals surface area (Å²) in [7, 11) is -1.63. The SMILES string of the molecule is C[C@H]1COCCN1c1nc(OC2CC(N(C)S(C)(=O)=O)C2)cc(-c2cnc(N)nc2)n1. The van der Waals surface area contributed by atoms with Crippen LogP contribution in [0.4, 0.5) is 11.9 Å². The quantitative estimate of drug-likeness (QED) is 0.665. The Balaban J connectivity index is 1.57. The molecule has 31 heavy (non-hydrogen) atoms. The van der Waals surface area contributed by atoms with Gasteiger partial charge in [-0.3, -0.25) is 0 Å². The molecule has 1 saturated heterocycles. The number of morpholine rings is 1. The van der Waals surface area contributed by atoms with Gasteiger partial charge in [-0.15, -0.1) is 0 Å². The molecule has 1 saturated carbocycles. The second-order valence-corrected chi connectivity index (χ2v) is 10.0. The Labute approximate surface area is 181 Å². The molecular formula is C19H27N7O4S. The normalized spacial score (nSPS) is 24.1. The van der Waals surface area contributed by atoms with Crippen molar-refractivity contribution in [2.75, 3.05) is 43.7 Å². The molecule has 0 bridgehead atoms. The smallest absolute Gasteiger partial charge is 0.229 e. The first kappa shape index (κ1) is 21.7. The topological polar surface area (TPSA) is 137 Å². The predicted octanol–water partition coefficient (Wildman–Crippen LogP) is 0.542. The van der Waals surface area contributed by atoms with E-state index in [1.54, 1.807) is 25.5 Å². The zero-order valence-corrected chi connectivity index (χ0v) is 18.6. The third-order valence-electron chi connectivity index (χ3n) is 5.68. The van der Waals surface area contributed by atoms with Crippen molar-refractivity contribution < 1.29 is 17.9 Å². The zero-order valence-electron chi connectivity index (χ0n) is 17.8. The molecule has 2 aromatic rings. The van der Waals surface area contributed by atoms with Crippen LogP contribution in [0.5, 0.6) is 5.88 Å². The highest BCUT2D eigenvalue weighted by atomic mass is 32.2. The largest absolute Gasteiger partial charge is 0.474 e. The number of ether oxygens (including phenoxy) is 2. The van der Waals surface area contributed by atoms with Crippen LogP contribution in [0.1, 0.15) is 19.8 Å². The summed E-state index contributed by atoms with van der Waals surface area (Å²) in [6, 6.07) is 1.80. The lowest BCUT2D eigenvalue weighted by Gasteiger charge is -2.39. The molecular weight excluding hydrogens is 422 g/mol. The number of anilines is 2. The Morgan fingerprint density at radius 3 is 2.61 bits per heavy atom. The molecule has 3 heterocycles. The van der Waals surface area contributed by atoms with E-state index in [1.807, 2.05) is 0 Å². The van der Waals surface area contributed by atoms with Gasteiger partial charge in [0.2, 0.25) is 27.8 Å². The van der Waals surface area contributed by atoms with Gasteiger partial charge in [0, 0.05) is 56.5 Å². The molecule has 1 aliphatic carbocycles. The molecule has 2 fully saturated rings. The fraction of sp³-hybridized carbons (Fsp3) is 0.579. The number of rotatable bonds is 6. The summed E-state index contributed by atoms with van der Waals surface area (Å²) < 4.78 is 36.5. The highest BCUT2D eigenvalue weighted by Gasteiger charge is 2.37. The van der Waals surface area contributed by atoms with Crippen LogP contribution in [-0.4, -0.2) is 83.9 Å². The van der Waals surface area contributed by atoms with Gasteiger partial charge < -0.3 is 20.1 Å². The van der Waals surface area contributed by atoms with Crippen molar-refractivity contribution in [2.24, 2.45) is 0 Å². The summed E-state index contributed by atoms with van der Waals surface area (Å²) in [6.45, 7) is 3.92. The minimum absolute atomic E-state index is 0.0643. The standard InChI is InChI=1S/C19H27N7O4S/c1-12-11-29-5-4-26(12)19-23-16(13-9-21-18(20)22-10-13)8-17(24-19)30-15-6-14(7-15)25(2)31(3,27)28/h8-10,12,14-15H,4-7,11H2,1-3H3,(H2,20,21,22)/t12-,14?,15?/m0/s1. The summed E-state index contributed by atoms with van der Waals surface area (Å²) in [5, 5.41) is 0. The van der Waals surface area contributed by atoms with E-state index >= 15 is 0 Å². The van der Waals surface area contributed by atoms with Crippen molar-refractivity contribution in [3.05, 3.63) is 18.5 Å². The van der Waals surface area contributed by atoms with Gasteiger partial charge >= 0.3 is 0 Å². The minimum atomic E-state index is -3.22. The molecule has 0 unspecified atom stereocenters. The van der Waals surface area contributed by atoms with Crippen LogP contribution in [0.25, 0.3) is 11.3 Å². The van der Waals surface area contributed by atoms with E-state index in [-0.39, 0.29) is 24.1 Å². The van der Waals surface area contributed by atoms with Crippen LogP contribution < -0.4 is 15.4 Å². The van der Waals surface area contributed by atoms with Gasteiger partial charge in [0.25, 0.3) is 0 Å². The second-order valence-electron chi connectivity index (χ2n) is 7.98. The first-order valence-electron chi connectivity index (χ1n) is 10.1. The molecule has 2 N–H and O–H groups in total. The average Bonchev–Trinajstić information content (AvgIpc) is 2.70. The van der Waals surface area contributed by atoms with E-state index in [9.17, 15) is 8.42 Å². The summed E-state index contributed by atoms with van der Waals surface area (Å²) in [5.41, 5.74) is 6.94. The number of hydrogen-bond acceptors (Lipinski definition) is 10. The van der Waals surface area contributed by atoms with Gasteiger partial charge in [0.05, 0.1) is 31.2 Å². The second kappa shape index (κ2) is 8.52. The van der Waals surface area contributed by atoms with E-state index < -0.39 is 10.0 Å². The van der Waals surface area contributed by atoms with Crippen LogP contribution >= 0.6 is 0 Å². The van der Waals surface area contributed by atoms with Crippen LogP contribution in [-0.2, 0) is 14.8 Å². The van der Waals surface area contributed by atoms with Crippen molar-refractivity contribution in [3.63, 3.8) is 0 Å². The Morgan fingerprint density at radius 2 is 1.97 bits per heavy atom. The molecule has 0 aromatic carbocycles. The van der Waals surface area contributed by atoms with E-state index in [1.165, 1.54) is 10.6 Å². The molecule has 11 nitrogen and oxygen atoms in total. The number of hydrogen-bond donors (Lipinski definition) is 1. The molecule has 4 rings (SSSR count). The van der Waals surface area contributed by atoms with E-state index in [0.29, 0.717) is 55.7 Å². The summed E-state index contributed by atoms with van der Waals surface area (Å²) >= 11 is 0. The number of nitrogens with two attached hydrogens (primary N) is 1. The number of sulfonamides is 1. The van der Waals surface area contributed by atoms with E-state index in [0.717, 1.165) is 0 Å². The average molecular weight is 450 g/mol. The van der Waals surface area contributed by atoms with Crippen molar-refractivity contribution >= 4 is 21.9 Å². The monoisotopic (exact) mass is 449 g/mol. The number of aromatic nitrogens is 4. The van der Waals surface area contributed by atoms with Crippen molar-refractivity contribution in [3.8, 4) is 17.1 Å². The Kier molecular flexibility index (Phi) is 5.95. The molecule has 0 amide bonds. The van der Waals surface area contributed by atoms with Crippen LogP contribution in [0.15, 0.2) is 18.5 Å². The van der Waals surface area contributed by atoms with Gasteiger partial charge in [-0.25, -0.2) is 27.7 Å². The Morgan fingerprint density at radius 1 is 1.26 bits per heavy atom. The fourth-order valence-corrected chi connectivity index (χ4v) is 4.33. The maximum atomic E-state index is 11.7. The summed E-state index contributed by atoms with van der Waals surface area (Å²) in [5.74, 6) is 1.16. The third kappa shape index (κ3) is 4.86. The van der Waals surface area contributed by atoms with Crippen molar-refractivity contribution in [2.45, 2.75) is 38.0 Å². The molecule has 168 valence electrons. The molecule has 0 radical (unpaired) electrons.